The first kappa shape index (κ1) is 17.0. The first-order valence-electron chi connectivity index (χ1n) is 7.85. The molecule has 0 aliphatic rings. The van der Waals surface area contributed by atoms with Crippen LogP contribution in [0.1, 0.15) is 11.3 Å². The molecule has 3 rings (SSSR count). The molecule has 1 N–H and O–H groups in total. The van der Waals surface area contributed by atoms with Gasteiger partial charge in [-0.2, -0.15) is 5.26 Å². The molecule has 0 radical (unpaired) electrons. The van der Waals surface area contributed by atoms with Crippen molar-refractivity contribution in [1.82, 2.24) is 14.5 Å². The Bertz CT molecular complexity index is 1030. The molecule has 0 aliphatic heterocycles. The van der Waals surface area contributed by atoms with Gasteiger partial charge in [0.2, 0.25) is 5.91 Å². The van der Waals surface area contributed by atoms with Gasteiger partial charge in [0.05, 0.1) is 23.8 Å². The summed E-state index contributed by atoms with van der Waals surface area (Å²) in [6.45, 7) is 1.83. The van der Waals surface area contributed by atoms with Crippen molar-refractivity contribution in [3.63, 3.8) is 0 Å². The summed E-state index contributed by atoms with van der Waals surface area (Å²) in [4.78, 5) is 32.2. The lowest BCUT2D eigenvalue weighted by atomic mass is 10.1. The Hall–Kier alpha value is -3.79. The van der Waals surface area contributed by atoms with Crippen molar-refractivity contribution in [3.05, 3.63) is 76.6 Å². The van der Waals surface area contributed by atoms with Gasteiger partial charge >= 0.3 is 0 Å². The van der Waals surface area contributed by atoms with Gasteiger partial charge in [-0.05, 0) is 19.1 Å². The van der Waals surface area contributed by atoms with Crippen LogP contribution < -0.4 is 10.9 Å². The number of nitriles is 1. The quantitative estimate of drug-likeness (QED) is 0.780. The summed E-state index contributed by atoms with van der Waals surface area (Å²) >= 11 is 0. The molecule has 0 saturated heterocycles. The number of carbonyl (C=O) groups is 1. The minimum absolute atomic E-state index is 0.153. The molecule has 0 unspecified atom stereocenters. The highest BCUT2D eigenvalue weighted by Crippen LogP contribution is 2.16. The maximum Gasteiger partial charge on any atom is 0.269 e. The minimum atomic E-state index is -0.375. The van der Waals surface area contributed by atoms with Crippen molar-refractivity contribution in [1.29, 1.82) is 5.26 Å². The first-order chi connectivity index (χ1) is 12.5. The number of aryl methyl sites for hydroxylation is 1. The normalized spacial score (nSPS) is 10.2. The number of rotatable bonds is 4. The van der Waals surface area contributed by atoms with E-state index in [9.17, 15) is 9.59 Å². The first-order valence-corrected chi connectivity index (χ1v) is 7.85. The molecule has 0 aliphatic carbocycles. The van der Waals surface area contributed by atoms with Crippen molar-refractivity contribution in [2.24, 2.45) is 0 Å². The molecular weight excluding hydrogens is 330 g/mol. The molecule has 0 spiro atoms. The number of amides is 1. The Balaban J connectivity index is 1.77. The summed E-state index contributed by atoms with van der Waals surface area (Å²) in [5.41, 5.74) is 2.94. The number of benzene rings is 1. The van der Waals surface area contributed by atoms with Crippen molar-refractivity contribution in [3.8, 4) is 17.3 Å². The van der Waals surface area contributed by atoms with Crippen LogP contribution in [0.15, 0.2) is 59.8 Å². The van der Waals surface area contributed by atoms with E-state index in [2.05, 4.69) is 15.3 Å². The van der Waals surface area contributed by atoms with Crippen molar-refractivity contribution < 1.29 is 4.79 Å². The summed E-state index contributed by atoms with van der Waals surface area (Å²) in [6.07, 6.45) is 4.15. The van der Waals surface area contributed by atoms with Crippen molar-refractivity contribution >= 4 is 11.6 Å². The zero-order chi connectivity index (χ0) is 18.5. The summed E-state index contributed by atoms with van der Waals surface area (Å²) < 4.78 is 1.30. The third-order valence-electron chi connectivity index (χ3n) is 3.70. The van der Waals surface area contributed by atoms with E-state index < -0.39 is 0 Å². The highest BCUT2D eigenvalue weighted by Gasteiger charge is 2.08. The number of anilines is 1. The van der Waals surface area contributed by atoms with Crippen LogP contribution in [0.2, 0.25) is 0 Å². The van der Waals surface area contributed by atoms with E-state index in [1.807, 2.05) is 37.3 Å². The topological polar surface area (TPSA) is 101 Å². The summed E-state index contributed by atoms with van der Waals surface area (Å²) in [5.74, 6) is -0.375. The average Bonchev–Trinajstić information content (AvgIpc) is 2.65. The van der Waals surface area contributed by atoms with Crippen molar-refractivity contribution in [2.45, 2.75) is 13.5 Å². The van der Waals surface area contributed by atoms with Gasteiger partial charge in [0.25, 0.3) is 5.56 Å². The Morgan fingerprint density at radius 2 is 1.92 bits per heavy atom. The van der Waals surface area contributed by atoms with Gasteiger partial charge in [-0.3, -0.25) is 9.59 Å². The van der Waals surface area contributed by atoms with Crippen LogP contribution in [0.25, 0.3) is 11.3 Å². The highest BCUT2D eigenvalue weighted by atomic mass is 16.2. The number of pyridine rings is 1. The predicted molar refractivity (Wildman–Crippen MR) is 96.3 cm³/mol. The van der Waals surface area contributed by atoms with Crippen LogP contribution >= 0.6 is 0 Å². The van der Waals surface area contributed by atoms with Gasteiger partial charge in [0.1, 0.15) is 18.3 Å². The molecule has 2 aromatic heterocycles. The largest absolute Gasteiger partial charge is 0.323 e. The second-order valence-corrected chi connectivity index (χ2v) is 5.70. The molecule has 0 atom stereocenters. The maximum atomic E-state index is 12.2. The molecule has 7 nitrogen and oxygen atoms in total. The van der Waals surface area contributed by atoms with Gasteiger partial charge in [0.15, 0.2) is 0 Å². The lowest BCUT2D eigenvalue weighted by Crippen LogP contribution is -2.27. The fourth-order valence-corrected chi connectivity index (χ4v) is 2.33. The zero-order valence-electron chi connectivity index (χ0n) is 14.0. The van der Waals surface area contributed by atoms with E-state index in [1.54, 1.807) is 12.3 Å². The van der Waals surface area contributed by atoms with Gasteiger partial charge in [0, 0.05) is 11.8 Å². The van der Waals surface area contributed by atoms with E-state index in [-0.39, 0.29) is 23.7 Å². The monoisotopic (exact) mass is 345 g/mol. The van der Waals surface area contributed by atoms with Crippen LogP contribution in [0.5, 0.6) is 0 Å². The Labute approximate surface area is 149 Å². The molecule has 1 aromatic carbocycles. The number of nitrogens with zero attached hydrogens (tertiary/aromatic N) is 4. The molecule has 3 aromatic rings. The third-order valence-corrected chi connectivity index (χ3v) is 3.70. The van der Waals surface area contributed by atoms with Gasteiger partial charge in [-0.15, -0.1) is 0 Å². The predicted octanol–water partition coefficient (Wildman–Crippen LogP) is 2.12. The van der Waals surface area contributed by atoms with Crippen LogP contribution in [-0.4, -0.2) is 20.4 Å². The number of hydrogen-bond donors (Lipinski definition) is 1. The van der Waals surface area contributed by atoms with Crippen LogP contribution in [0.3, 0.4) is 0 Å². The Kier molecular flexibility index (Phi) is 4.85. The lowest BCUT2D eigenvalue weighted by molar-refractivity contribution is -0.116. The molecular formula is C19H15N5O2. The van der Waals surface area contributed by atoms with E-state index >= 15 is 0 Å². The van der Waals surface area contributed by atoms with Crippen LogP contribution in [0, 0.1) is 18.3 Å². The zero-order valence-corrected chi connectivity index (χ0v) is 14.0. The molecule has 0 bridgehead atoms. The summed E-state index contributed by atoms with van der Waals surface area (Å²) in [6, 6.07) is 12.7. The molecule has 26 heavy (non-hydrogen) atoms. The minimum Gasteiger partial charge on any atom is -0.323 e. The van der Waals surface area contributed by atoms with Gasteiger partial charge in [-0.1, -0.05) is 29.8 Å². The van der Waals surface area contributed by atoms with E-state index in [0.717, 1.165) is 11.1 Å². The molecule has 7 heteroatoms. The highest BCUT2D eigenvalue weighted by molar-refractivity contribution is 5.90. The van der Waals surface area contributed by atoms with Crippen LogP contribution in [0.4, 0.5) is 5.69 Å². The second kappa shape index (κ2) is 7.40. The summed E-state index contributed by atoms with van der Waals surface area (Å²) in [5, 5.41) is 11.4. The smallest absolute Gasteiger partial charge is 0.269 e. The molecule has 2 heterocycles. The maximum absolute atomic E-state index is 12.2. The summed E-state index contributed by atoms with van der Waals surface area (Å²) in [7, 11) is 0. The molecule has 0 fully saturated rings. The fraction of sp³-hybridized carbons (Fsp3) is 0.105. The van der Waals surface area contributed by atoms with Gasteiger partial charge < -0.3 is 9.88 Å². The SMILES string of the molecule is Cc1ccc(-c2cn(CC(=O)Nc3ccc(C#N)nc3)c(=O)cn2)cc1. The number of hydrogen-bond acceptors (Lipinski definition) is 5. The number of aromatic nitrogens is 3. The molecule has 1 amide bonds. The van der Waals surface area contributed by atoms with E-state index in [0.29, 0.717) is 11.4 Å². The van der Waals surface area contributed by atoms with E-state index in [4.69, 9.17) is 5.26 Å². The lowest BCUT2D eigenvalue weighted by Gasteiger charge is -2.09. The number of nitrogens with one attached hydrogen (secondary N) is 1. The Morgan fingerprint density at radius 1 is 1.15 bits per heavy atom. The fourth-order valence-electron chi connectivity index (χ4n) is 2.33. The van der Waals surface area contributed by atoms with E-state index in [1.165, 1.54) is 23.0 Å². The van der Waals surface area contributed by atoms with Gasteiger partial charge in [-0.25, -0.2) is 9.97 Å². The molecule has 0 saturated carbocycles. The van der Waals surface area contributed by atoms with Crippen LogP contribution in [-0.2, 0) is 11.3 Å². The van der Waals surface area contributed by atoms with Crippen molar-refractivity contribution in [2.75, 3.05) is 5.32 Å². The second-order valence-electron chi connectivity index (χ2n) is 5.70. The number of carbonyl (C=O) groups excluding carboxylic acids is 1. The average molecular weight is 345 g/mol. The standard InChI is InChI=1S/C19H15N5O2/c1-13-2-4-14(5-3-13)17-11-24(19(26)10-22-17)12-18(25)23-16-7-6-15(8-20)21-9-16/h2-7,9-11H,12H2,1H3,(H,23,25). The third kappa shape index (κ3) is 3.99. The Morgan fingerprint density at radius 3 is 2.58 bits per heavy atom. The molecule has 128 valence electrons.